The van der Waals surface area contributed by atoms with E-state index in [0.29, 0.717) is 0 Å². The molecule has 1 aliphatic heterocycles. The third-order valence-corrected chi connectivity index (χ3v) is 7.41. The second-order valence-electron chi connectivity index (χ2n) is 7.06. The highest BCUT2D eigenvalue weighted by Crippen LogP contribution is 2.46. The summed E-state index contributed by atoms with van der Waals surface area (Å²) in [7, 11) is 3.62. The molecule has 0 saturated heterocycles. The van der Waals surface area contributed by atoms with E-state index >= 15 is 0 Å². The van der Waals surface area contributed by atoms with Crippen molar-refractivity contribution in [3.05, 3.63) is 63.1 Å². The van der Waals surface area contributed by atoms with E-state index in [1.54, 1.807) is 10.3 Å². The largest absolute Gasteiger partial charge is 0.374 e. The number of rotatable bonds is 2. The van der Waals surface area contributed by atoms with E-state index in [-0.39, 0.29) is 5.54 Å². The molecule has 0 amide bonds. The number of nitrogens with one attached hydrogen (secondary N) is 1. The maximum atomic E-state index is 4.99. The maximum absolute atomic E-state index is 4.99. The Morgan fingerprint density at radius 1 is 1.04 bits per heavy atom. The van der Waals surface area contributed by atoms with Crippen LogP contribution in [0.3, 0.4) is 0 Å². The lowest BCUT2D eigenvalue weighted by atomic mass is 9.88. The van der Waals surface area contributed by atoms with Gasteiger partial charge in [-0.2, -0.15) is 0 Å². The fourth-order valence-corrected chi connectivity index (χ4v) is 6.26. The van der Waals surface area contributed by atoms with Gasteiger partial charge in [-0.25, -0.2) is 4.99 Å². The van der Waals surface area contributed by atoms with E-state index in [9.17, 15) is 0 Å². The van der Waals surface area contributed by atoms with Crippen molar-refractivity contribution < 1.29 is 0 Å². The molecule has 0 radical (unpaired) electrons. The van der Waals surface area contributed by atoms with Crippen LogP contribution in [0, 0.1) is 6.92 Å². The predicted octanol–water partition coefficient (Wildman–Crippen LogP) is 6.24. The van der Waals surface area contributed by atoms with Crippen LogP contribution in [0.5, 0.6) is 0 Å². The highest BCUT2D eigenvalue weighted by atomic mass is 32.9. The smallest absolute Gasteiger partial charge is 0.135 e. The first-order chi connectivity index (χ1) is 12.0. The fourth-order valence-electron chi connectivity index (χ4n) is 3.33. The van der Waals surface area contributed by atoms with Crippen LogP contribution in [-0.2, 0) is 12.0 Å². The Bertz CT molecular complexity index is 991. The Hall–Kier alpha value is -1.91. The summed E-state index contributed by atoms with van der Waals surface area (Å²) < 4.78 is 1.12. The second kappa shape index (κ2) is 6.11. The Labute approximate surface area is 156 Å². The molecule has 0 spiro atoms. The molecule has 4 rings (SSSR count). The van der Waals surface area contributed by atoms with Crippen molar-refractivity contribution in [3.8, 4) is 11.1 Å². The predicted molar refractivity (Wildman–Crippen MR) is 110 cm³/mol. The SMILES string of the molecule is CCc1ccc(N=c2ssc3c2-c2cccc(C)c2NC3(C)C)cc1. The monoisotopic (exact) mass is 366 g/mol. The van der Waals surface area contributed by atoms with Gasteiger partial charge < -0.3 is 5.32 Å². The number of para-hydroxylation sites is 1. The number of hydrogen-bond donors (Lipinski definition) is 1. The lowest BCUT2D eigenvalue weighted by Crippen LogP contribution is -2.32. The van der Waals surface area contributed by atoms with Crippen molar-refractivity contribution in [2.75, 3.05) is 5.32 Å². The van der Waals surface area contributed by atoms with Gasteiger partial charge in [-0.3, -0.25) is 0 Å². The van der Waals surface area contributed by atoms with Gasteiger partial charge >= 0.3 is 0 Å². The van der Waals surface area contributed by atoms with Gasteiger partial charge in [0.1, 0.15) is 4.67 Å². The first-order valence-corrected chi connectivity index (χ1v) is 10.8. The highest BCUT2D eigenvalue weighted by molar-refractivity contribution is 7.68. The molecule has 2 heterocycles. The van der Waals surface area contributed by atoms with Crippen molar-refractivity contribution in [1.29, 1.82) is 0 Å². The molecule has 0 unspecified atom stereocenters. The molecule has 2 nitrogen and oxygen atoms in total. The maximum Gasteiger partial charge on any atom is 0.135 e. The number of hydrogen-bond acceptors (Lipinski definition) is 4. The average molecular weight is 367 g/mol. The zero-order chi connectivity index (χ0) is 17.6. The summed E-state index contributed by atoms with van der Waals surface area (Å²) >= 11 is 0. The topological polar surface area (TPSA) is 24.4 Å². The van der Waals surface area contributed by atoms with E-state index in [0.717, 1.165) is 16.8 Å². The van der Waals surface area contributed by atoms with E-state index in [4.69, 9.17) is 4.99 Å². The van der Waals surface area contributed by atoms with E-state index < -0.39 is 0 Å². The number of aryl methyl sites for hydroxylation is 2. The van der Waals surface area contributed by atoms with Gasteiger partial charge in [0, 0.05) is 16.8 Å². The van der Waals surface area contributed by atoms with Crippen LogP contribution < -0.4 is 9.99 Å². The lowest BCUT2D eigenvalue weighted by molar-refractivity contribution is 0.618. The number of anilines is 1. The van der Waals surface area contributed by atoms with Gasteiger partial charge in [-0.1, -0.05) is 57.9 Å². The van der Waals surface area contributed by atoms with Crippen molar-refractivity contribution in [2.45, 2.75) is 39.7 Å². The summed E-state index contributed by atoms with van der Waals surface area (Å²) in [5.74, 6) is 0. The molecule has 0 saturated carbocycles. The van der Waals surface area contributed by atoms with Crippen molar-refractivity contribution in [3.63, 3.8) is 0 Å². The molecule has 0 aliphatic carbocycles. The molecule has 25 heavy (non-hydrogen) atoms. The van der Waals surface area contributed by atoms with Crippen LogP contribution in [0.2, 0.25) is 0 Å². The summed E-state index contributed by atoms with van der Waals surface area (Å²) in [6.45, 7) is 8.86. The molecule has 2 aromatic carbocycles. The summed E-state index contributed by atoms with van der Waals surface area (Å²) in [5.41, 5.74) is 7.40. The minimum absolute atomic E-state index is 0.0740. The number of nitrogens with zero attached hydrogens (tertiary/aromatic N) is 1. The normalized spacial score (nSPS) is 15.4. The van der Waals surface area contributed by atoms with Crippen molar-refractivity contribution >= 4 is 32.1 Å². The molecule has 0 bridgehead atoms. The quantitative estimate of drug-likeness (QED) is 0.533. The highest BCUT2D eigenvalue weighted by Gasteiger charge is 2.34. The first-order valence-electron chi connectivity index (χ1n) is 8.65. The van der Waals surface area contributed by atoms with Crippen molar-refractivity contribution in [2.24, 2.45) is 4.99 Å². The molecule has 4 heteroatoms. The fraction of sp³-hybridized carbons (Fsp3) is 0.286. The number of fused-ring (bicyclic) bond motifs is 3. The standard InChI is InChI=1S/C21H22N2S2/c1-5-14-9-11-15(12-10-14)22-20-17-16-8-6-7-13(2)18(16)23-21(3,4)19(17)24-25-20/h6-12,23H,5H2,1-4H3. The lowest BCUT2D eigenvalue weighted by Gasteiger charge is -2.34. The van der Waals surface area contributed by atoms with Gasteiger partial charge in [0.2, 0.25) is 0 Å². The molecule has 3 aromatic rings. The number of benzene rings is 2. The van der Waals surface area contributed by atoms with Crippen LogP contribution in [0.25, 0.3) is 11.1 Å². The van der Waals surface area contributed by atoms with Crippen molar-refractivity contribution in [1.82, 2.24) is 0 Å². The second-order valence-corrected chi connectivity index (χ2v) is 9.18. The van der Waals surface area contributed by atoms with Crippen LogP contribution >= 0.6 is 20.7 Å². The third-order valence-electron chi connectivity index (χ3n) is 4.77. The molecule has 1 N–H and O–H groups in total. The summed E-state index contributed by atoms with van der Waals surface area (Å²) in [5, 5.41) is 3.73. The molecular weight excluding hydrogens is 344 g/mol. The van der Waals surface area contributed by atoms with Gasteiger partial charge in [0.15, 0.2) is 0 Å². The molecule has 0 atom stereocenters. The minimum atomic E-state index is -0.0740. The van der Waals surface area contributed by atoms with Crippen LogP contribution in [0.1, 0.15) is 36.8 Å². The summed E-state index contributed by atoms with van der Waals surface area (Å²) in [4.78, 5) is 6.36. The Morgan fingerprint density at radius 3 is 2.52 bits per heavy atom. The van der Waals surface area contributed by atoms with E-state index in [1.165, 1.54) is 32.8 Å². The van der Waals surface area contributed by atoms with Gasteiger partial charge in [-0.15, -0.1) is 0 Å². The average Bonchev–Trinajstić information content (AvgIpc) is 3.02. The van der Waals surface area contributed by atoms with E-state index in [1.807, 2.05) is 10.3 Å². The zero-order valence-electron chi connectivity index (χ0n) is 15.0. The Kier molecular flexibility index (Phi) is 4.05. The molecule has 1 aromatic heterocycles. The molecular formula is C21H22N2S2. The molecule has 128 valence electrons. The van der Waals surface area contributed by atoms with Crippen LogP contribution in [-0.4, -0.2) is 0 Å². The third kappa shape index (κ3) is 2.83. The minimum Gasteiger partial charge on any atom is -0.374 e. The molecule has 1 aliphatic rings. The summed E-state index contributed by atoms with van der Waals surface area (Å²) in [6, 6.07) is 15.1. The van der Waals surface area contributed by atoms with Gasteiger partial charge in [-0.05, 0) is 50.5 Å². The van der Waals surface area contributed by atoms with Crippen LogP contribution in [0.4, 0.5) is 11.4 Å². The molecule has 0 fully saturated rings. The Balaban J connectivity index is 1.93. The van der Waals surface area contributed by atoms with Crippen LogP contribution in [0.15, 0.2) is 47.5 Å². The van der Waals surface area contributed by atoms with Gasteiger partial charge in [0.25, 0.3) is 0 Å². The summed E-state index contributed by atoms with van der Waals surface area (Å²) in [6.07, 6.45) is 1.06. The first kappa shape index (κ1) is 16.6. The van der Waals surface area contributed by atoms with E-state index in [2.05, 4.69) is 75.5 Å². The zero-order valence-corrected chi connectivity index (χ0v) is 16.6. The Morgan fingerprint density at radius 2 is 1.80 bits per heavy atom. The van der Waals surface area contributed by atoms with Gasteiger partial charge in [0.05, 0.1) is 16.1 Å².